The van der Waals surface area contributed by atoms with Gasteiger partial charge in [-0.05, 0) is 48.5 Å². The topological polar surface area (TPSA) is 79.3 Å². The highest BCUT2D eigenvalue weighted by Crippen LogP contribution is 2.33. The Balaban J connectivity index is 1.67. The number of rotatable bonds is 5. The quantitative estimate of drug-likeness (QED) is 0.659. The van der Waals surface area contributed by atoms with Crippen LogP contribution < -0.4 is 10.6 Å². The molecule has 1 aliphatic heterocycles. The highest BCUT2D eigenvalue weighted by molar-refractivity contribution is 5.84. The van der Waals surface area contributed by atoms with Gasteiger partial charge in [-0.2, -0.15) is 0 Å². The summed E-state index contributed by atoms with van der Waals surface area (Å²) >= 11 is 0. The van der Waals surface area contributed by atoms with E-state index in [9.17, 15) is 18.4 Å². The van der Waals surface area contributed by atoms with Crippen molar-refractivity contribution in [2.45, 2.75) is 20.0 Å². The molecule has 0 spiro atoms. The van der Waals surface area contributed by atoms with E-state index < -0.39 is 0 Å². The number of amides is 2. The van der Waals surface area contributed by atoms with Crippen molar-refractivity contribution in [3.8, 4) is 11.3 Å². The first kappa shape index (κ1) is 20.5. The zero-order chi connectivity index (χ0) is 22.0. The van der Waals surface area contributed by atoms with Crippen LogP contribution in [0.1, 0.15) is 12.7 Å². The van der Waals surface area contributed by atoms with Crippen molar-refractivity contribution < 1.29 is 18.4 Å². The summed E-state index contributed by atoms with van der Waals surface area (Å²) in [6.45, 7) is 2.50. The molecule has 2 aromatic carbocycles. The van der Waals surface area contributed by atoms with E-state index in [0.717, 1.165) is 0 Å². The molecule has 7 nitrogen and oxygen atoms in total. The van der Waals surface area contributed by atoms with E-state index in [4.69, 9.17) is 4.98 Å². The maximum atomic E-state index is 13.4. The third kappa shape index (κ3) is 4.55. The SMILES string of the molecule is CC(=O)NCC(=O)N1CCn2c(nc(-c3ccc(F)cc3)c2Nc2ccc(F)cc2)C1. The molecule has 0 aliphatic carbocycles. The number of hydrogen-bond acceptors (Lipinski definition) is 4. The van der Waals surface area contributed by atoms with Crippen LogP contribution in [0, 0.1) is 11.6 Å². The molecule has 2 amide bonds. The molecule has 2 N–H and O–H groups in total. The largest absolute Gasteiger partial charge is 0.347 e. The van der Waals surface area contributed by atoms with Crippen molar-refractivity contribution in [3.63, 3.8) is 0 Å². The summed E-state index contributed by atoms with van der Waals surface area (Å²) in [6, 6.07) is 12.0. The number of anilines is 2. The Hall–Kier alpha value is -3.75. The normalized spacial score (nSPS) is 12.9. The predicted octanol–water partition coefficient (Wildman–Crippen LogP) is 3.05. The molecule has 3 aromatic rings. The third-order valence-electron chi connectivity index (χ3n) is 5.04. The molecule has 2 heterocycles. The number of hydrogen-bond donors (Lipinski definition) is 2. The van der Waals surface area contributed by atoms with Crippen LogP contribution in [-0.2, 0) is 22.7 Å². The average Bonchev–Trinajstić information content (AvgIpc) is 3.11. The number of carbonyl (C=O) groups excluding carboxylic acids is 2. The minimum Gasteiger partial charge on any atom is -0.347 e. The first-order valence-corrected chi connectivity index (χ1v) is 9.81. The van der Waals surface area contributed by atoms with Gasteiger partial charge in [-0.15, -0.1) is 0 Å². The zero-order valence-electron chi connectivity index (χ0n) is 16.9. The van der Waals surface area contributed by atoms with Crippen molar-refractivity contribution in [2.24, 2.45) is 0 Å². The Morgan fingerprint density at radius 3 is 2.29 bits per heavy atom. The monoisotopic (exact) mass is 425 g/mol. The molecule has 4 rings (SSSR count). The Labute approximate surface area is 177 Å². The van der Waals surface area contributed by atoms with Crippen LogP contribution in [0.5, 0.6) is 0 Å². The van der Waals surface area contributed by atoms with Crippen molar-refractivity contribution in [1.29, 1.82) is 0 Å². The van der Waals surface area contributed by atoms with E-state index in [0.29, 0.717) is 41.7 Å². The first-order valence-electron chi connectivity index (χ1n) is 9.81. The standard InChI is InChI=1S/C22H21F2N5O2/c1-14(30)25-12-20(31)28-10-11-29-19(13-28)27-21(15-2-4-16(23)5-3-15)22(29)26-18-8-6-17(24)7-9-18/h2-9,26H,10-13H2,1H3,(H,25,30). The van der Waals surface area contributed by atoms with E-state index in [1.807, 2.05) is 4.57 Å². The minimum absolute atomic E-state index is 0.0679. The second-order valence-corrected chi connectivity index (χ2v) is 7.24. The van der Waals surface area contributed by atoms with Gasteiger partial charge in [-0.1, -0.05) is 0 Å². The van der Waals surface area contributed by atoms with Gasteiger partial charge in [0, 0.05) is 31.3 Å². The van der Waals surface area contributed by atoms with Gasteiger partial charge in [0.2, 0.25) is 11.8 Å². The summed E-state index contributed by atoms with van der Waals surface area (Å²) in [4.78, 5) is 29.9. The summed E-state index contributed by atoms with van der Waals surface area (Å²) in [6.07, 6.45) is 0. The van der Waals surface area contributed by atoms with Gasteiger partial charge in [-0.3, -0.25) is 9.59 Å². The number of nitrogens with one attached hydrogen (secondary N) is 2. The lowest BCUT2D eigenvalue weighted by atomic mass is 10.1. The maximum Gasteiger partial charge on any atom is 0.242 e. The van der Waals surface area contributed by atoms with Gasteiger partial charge in [0.05, 0.1) is 13.1 Å². The maximum absolute atomic E-state index is 13.4. The molecule has 0 unspecified atom stereocenters. The highest BCUT2D eigenvalue weighted by atomic mass is 19.1. The molecule has 0 saturated carbocycles. The molecular weight excluding hydrogens is 404 g/mol. The molecule has 0 bridgehead atoms. The average molecular weight is 425 g/mol. The van der Waals surface area contributed by atoms with Crippen molar-refractivity contribution in [2.75, 3.05) is 18.4 Å². The first-order chi connectivity index (χ1) is 14.9. The van der Waals surface area contributed by atoms with Crippen LogP contribution in [0.3, 0.4) is 0 Å². The Bertz CT molecular complexity index is 1110. The van der Waals surface area contributed by atoms with Crippen molar-refractivity contribution >= 4 is 23.3 Å². The molecule has 31 heavy (non-hydrogen) atoms. The van der Waals surface area contributed by atoms with Gasteiger partial charge in [0.25, 0.3) is 0 Å². The Morgan fingerprint density at radius 1 is 1.00 bits per heavy atom. The smallest absolute Gasteiger partial charge is 0.242 e. The summed E-state index contributed by atoms with van der Waals surface area (Å²) in [5, 5.41) is 5.80. The molecule has 0 saturated heterocycles. The fourth-order valence-corrected chi connectivity index (χ4v) is 3.46. The van der Waals surface area contributed by atoms with Crippen LogP contribution in [-0.4, -0.2) is 39.4 Å². The Kier molecular flexibility index (Phi) is 5.66. The fourth-order valence-electron chi connectivity index (χ4n) is 3.46. The van der Waals surface area contributed by atoms with E-state index in [-0.39, 0.29) is 36.5 Å². The summed E-state index contributed by atoms with van der Waals surface area (Å²) in [5.74, 6) is 0.189. The predicted molar refractivity (Wildman–Crippen MR) is 111 cm³/mol. The van der Waals surface area contributed by atoms with E-state index in [1.165, 1.54) is 31.2 Å². The number of aromatic nitrogens is 2. The highest BCUT2D eigenvalue weighted by Gasteiger charge is 2.27. The van der Waals surface area contributed by atoms with Crippen LogP contribution in [0.4, 0.5) is 20.3 Å². The number of nitrogens with zero attached hydrogens (tertiary/aromatic N) is 3. The van der Waals surface area contributed by atoms with E-state index in [2.05, 4.69) is 10.6 Å². The second kappa shape index (κ2) is 8.55. The van der Waals surface area contributed by atoms with Gasteiger partial charge in [0.1, 0.15) is 29.0 Å². The van der Waals surface area contributed by atoms with Crippen molar-refractivity contribution in [3.05, 3.63) is 66.0 Å². The molecule has 0 atom stereocenters. The fraction of sp³-hybridized carbons (Fsp3) is 0.227. The lowest BCUT2D eigenvalue weighted by Crippen LogP contribution is -2.43. The van der Waals surface area contributed by atoms with Crippen LogP contribution in [0.2, 0.25) is 0 Å². The van der Waals surface area contributed by atoms with Crippen LogP contribution >= 0.6 is 0 Å². The third-order valence-corrected chi connectivity index (χ3v) is 5.04. The van der Waals surface area contributed by atoms with Gasteiger partial charge < -0.3 is 20.1 Å². The molecule has 1 aromatic heterocycles. The van der Waals surface area contributed by atoms with Gasteiger partial charge in [0.15, 0.2) is 0 Å². The minimum atomic E-state index is -0.351. The molecular formula is C22H21F2N5O2. The van der Waals surface area contributed by atoms with Crippen LogP contribution in [0.15, 0.2) is 48.5 Å². The second-order valence-electron chi connectivity index (χ2n) is 7.24. The zero-order valence-corrected chi connectivity index (χ0v) is 16.9. The summed E-state index contributed by atoms with van der Waals surface area (Å²) in [7, 11) is 0. The molecule has 9 heteroatoms. The number of carbonyl (C=O) groups is 2. The van der Waals surface area contributed by atoms with E-state index in [1.54, 1.807) is 29.2 Å². The summed E-state index contributed by atoms with van der Waals surface area (Å²) in [5.41, 5.74) is 2.00. The molecule has 160 valence electrons. The number of fused-ring (bicyclic) bond motifs is 1. The molecule has 0 fully saturated rings. The number of halogens is 2. The van der Waals surface area contributed by atoms with Gasteiger partial charge >= 0.3 is 0 Å². The Morgan fingerprint density at radius 2 is 1.65 bits per heavy atom. The summed E-state index contributed by atoms with van der Waals surface area (Å²) < 4.78 is 28.7. The van der Waals surface area contributed by atoms with E-state index >= 15 is 0 Å². The number of benzene rings is 2. The van der Waals surface area contributed by atoms with Crippen LogP contribution in [0.25, 0.3) is 11.3 Å². The number of imidazole rings is 1. The van der Waals surface area contributed by atoms with Gasteiger partial charge in [-0.25, -0.2) is 13.8 Å². The molecule has 0 radical (unpaired) electrons. The lowest BCUT2D eigenvalue weighted by Gasteiger charge is -2.28. The lowest BCUT2D eigenvalue weighted by molar-refractivity contribution is -0.133. The van der Waals surface area contributed by atoms with Crippen molar-refractivity contribution in [1.82, 2.24) is 19.8 Å². The molecule has 1 aliphatic rings.